The maximum Gasteiger partial charge on any atom is 0.336 e. The SMILES string of the molecule is Cc1ccc(Oc2coc3cc(OC(=O)C=Cc4ccc(Cl)c(Cl)c4)ccc3c2=O)cc1. The van der Waals surface area contributed by atoms with Crippen LogP contribution in [0.25, 0.3) is 17.0 Å². The van der Waals surface area contributed by atoms with Gasteiger partial charge in [-0.3, -0.25) is 4.79 Å². The smallest absolute Gasteiger partial charge is 0.336 e. The third kappa shape index (κ3) is 5.02. The Bertz CT molecular complexity index is 1390. The maximum atomic E-state index is 12.7. The molecule has 0 spiro atoms. The lowest BCUT2D eigenvalue weighted by Crippen LogP contribution is -2.06. The van der Waals surface area contributed by atoms with Gasteiger partial charge in [-0.15, -0.1) is 0 Å². The van der Waals surface area contributed by atoms with Crippen LogP contribution >= 0.6 is 23.2 Å². The van der Waals surface area contributed by atoms with Crippen LogP contribution in [0.3, 0.4) is 0 Å². The van der Waals surface area contributed by atoms with Gasteiger partial charge in [0.15, 0.2) is 0 Å². The molecule has 0 aliphatic carbocycles. The van der Waals surface area contributed by atoms with Gasteiger partial charge in [-0.25, -0.2) is 4.79 Å². The predicted molar refractivity (Wildman–Crippen MR) is 125 cm³/mol. The largest absolute Gasteiger partial charge is 0.460 e. The van der Waals surface area contributed by atoms with Crippen molar-refractivity contribution in [3.8, 4) is 17.2 Å². The minimum absolute atomic E-state index is 0.0654. The molecule has 4 aromatic rings. The molecule has 32 heavy (non-hydrogen) atoms. The molecule has 1 heterocycles. The van der Waals surface area contributed by atoms with Crippen LogP contribution in [0.1, 0.15) is 11.1 Å². The average Bonchev–Trinajstić information content (AvgIpc) is 2.78. The van der Waals surface area contributed by atoms with Crippen molar-refractivity contribution in [1.29, 1.82) is 0 Å². The summed E-state index contributed by atoms with van der Waals surface area (Å²) in [6, 6.07) is 16.8. The van der Waals surface area contributed by atoms with Crippen LogP contribution in [0.4, 0.5) is 0 Å². The summed E-state index contributed by atoms with van der Waals surface area (Å²) >= 11 is 11.8. The van der Waals surface area contributed by atoms with Crippen LogP contribution in [0.2, 0.25) is 10.0 Å². The van der Waals surface area contributed by atoms with Gasteiger partial charge in [-0.2, -0.15) is 0 Å². The third-order valence-electron chi connectivity index (χ3n) is 4.54. The van der Waals surface area contributed by atoms with Crippen LogP contribution in [0.5, 0.6) is 17.2 Å². The molecule has 0 unspecified atom stereocenters. The molecule has 0 saturated heterocycles. The molecule has 0 amide bonds. The van der Waals surface area contributed by atoms with Gasteiger partial charge in [0.2, 0.25) is 11.2 Å². The van der Waals surface area contributed by atoms with E-state index >= 15 is 0 Å². The van der Waals surface area contributed by atoms with Gasteiger partial charge in [0, 0.05) is 12.1 Å². The van der Waals surface area contributed by atoms with Crippen molar-refractivity contribution >= 4 is 46.2 Å². The molecule has 1 aromatic heterocycles. The van der Waals surface area contributed by atoms with E-state index in [1.54, 1.807) is 36.4 Å². The third-order valence-corrected chi connectivity index (χ3v) is 5.28. The molecule has 0 fully saturated rings. The number of halogens is 2. The highest BCUT2D eigenvalue weighted by Crippen LogP contribution is 2.25. The molecule has 160 valence electrons. The van der Waals surface area contributed by atoms with Gasteiger partial charge in [-0.05, 0) is 55.0 Å². The molecule has 0 aliphatic rings. The van der Waals surface area contributed by atoms with E-state index in [4.69, 9.17) is 37.1 Å². The molecule has 0 saturated carbocycles. The second-order valence-corrected chi connectivity index (χ2v) is 7.74. The van der Waals surface area contributed by atoms with E-state index in [-0.39, 0.29) is 22.5 Å². The Labute approximate surface area is 193 Å². The lowest BCUT2D eigenvalue weighted by Gasteiger charge is -2.07. The van der Waals surface area contributed by atoms with E-state index in [9.17, 15) is 9.59 Å². The number of hydrogen-bond acceptors (Lipinski definition) is 5. The Morgan fingerprint density at radius 1 is 0.938 bits per heavy atom. The van der Waals surface area contributed by atoms with Crippen LogP contribution in [0.15, 0.2) is 82.2 Å². The Hall–Kier alpha value is -3.54. The van der Waals surface area contributed by atoms with Crippen molar-refractivity contribution in [2.45, 2.75) is 6.92 Å². The number of rotatable bonds is 5. The molecular formula is C25H16Cl2O5. The second-order valence-electron chi connectivity index (χ2n) is 6.93. The Balaban J connectivity index is 1.50. The average molecular weight is 467 g/mol. The van der Waals surface area contributed by atoms with Crippen molar-refractivity contribution in [2.75, 3.05) is 0 Å². The summed E-state index contributed by atoms with van der Waals surface area (Å²) in [7, 11) is 0. The van der Waals surface area contributed by atoms with E-state index in [0.717, 1.165) is 5.56 Å². The van der Waals surface area contributed by atoms with Gasteiger partial charge in [-0.1, -0.05) is 47.0 Å². The first-order valence-electron chi connectivity index (χ1n) is 9.54. The molecular weight excluding hydrogens is 451 g/mol. The van der Waals surface area contributed by atoms with E-state index in [2.05, 4.69) is 0 Å². The van der Waals surface area contributed by atoms with Crippen molar-refractivity contribution in [1.82, 2.24) is 0 Å². The molecule has 7 heteroatoms. The number of carbonyl (C=O) groups excluding carboxylic acids is 1. The highest BCUT2D eigenvalue weighted by atomic mass is 35.5. The zero-order valence-electron chi connectivity index (χ0n) is 16.8. The van der Waals surface area contributed by atoms with E-state index < -0.39 is 5.97 Å². The Kier molecular flexibility index (Phi) is 6.30. The number of hydrogen-bond donors (Lipinski definition) is 0. The quantitative estimate of drug-likeness (QED) is 0.183. The van der Waals surface area contributed by atoms with E-state index in [1.807, 2.05) is 19.1 Å². The first kappa shape index (κ1) is 21.7. The van der Waals surface area contributed by atoms with Gasteiger partial charge in [0.05, 0.1) is 15.4 Å². The summed E-state index contributed by atoms with van der Waals surface area (Å²) in [6.07, 6.45) is 4.05. The standard InChI is InChI=1S/C25H16Cl2O5/c1-15-2-6-17(7-3-15)31-23-14-30-22-13-18(8-9-19(22)25(23)29)32-24(28)11-5-16-4-10-20(26)21(27)12-16/h2-14H,1H3. The summed E-state index contributed by atoms with van der Waals surface area (Å²) in [4.78, 5) is 24.9. The van der Waals surface area contributed by atoms with Gasteiger partial charge in [0.1, 0.15) is 23.3 Å². The highest BCUT2D eigenvalue weighted by molar-refractivity contribution is 6.42. The number of carbonyl (C=O) groups is 1. The van der Waals surface area contributed by atoms with Crippen molar-refractivity contribution in [2.24, 2.45) is 0 Å². The van der Waals surface area contributed by atoms with E-state index in [0.29, 0.717) is 26.7 Å². The van der Waals surface area contributed by atoms with Crippen LogP contribution in [-0.2, 0) is 4.79 Å². The Morgan fingerprint density at radius 3 is 2.44 bits per heavy atom. The fraction of sp³-hybridized carbons (Fsp3) is 0.0400. The lowest BCUT2D eigenvalue weighted by atomic mass is 10.2. The highest BCUT2D eigenvalue weighted by Gasteiger charge is 2.11. The summed E-state index contributed by atoms with van der Waals surface area (Å²) in [5, 5.41) is 1.12. The molecule has 3 aromatic carbocycles. The summed E-state index contributed by atoms with van der Waals surface area (Å²) < 4.78 is 16.5. The van der Waals surface area contributed by atoms with Crippen LogP contribution in [-0.4, -0.2) is 5.97 Å². The number of ether oxygens (including phenoxy) is 2. The Morgan fingerprint density at radius 2 is 1.69 bits per heavy atom. The fourth-order valence-corrected chi connectivity index (χ4v) is 3.20. The van der Waals surface area contributed by atoms with Gasteiger partial charge < -0.3 is 13.9 Å². The van der Waals surface area contributed by atoms with Crippen molar-refractivity contribution in [3.05, 3.63) is 104 Å². The van der Waals surface area contributed by atoms with Gasteiger partial charge >= 0.3 is 5.97 Å². The summed E-state index contributed by atoms with van der Waals surface area (Å²) in [5.41, 5.74) is 1.72. The van der Waals surface area contributed by atoms with Gasteiger partial charge in [0.25, 0.3) is 0 Å². The summed E-state index contributed by atoms with van der Waals surface area (Å²) in [6.45, 7) is 1.96. The molecule has 0 aliphatic heterocycles. The predicted octanol–water partition coefficient (Wildman–Crippen LogP) is 6.82. The topological polar surface area (TPSA) is 65.7 Å². The number of aryl methyl sites for hydroxylation is 1. The first-order valence-corrected chi connectivity index (χ1v) is 10.3. The van der Waals surface area contributed by atoms with Crippen LogP contribution < -0.4 is 14.9 Å². The van der Waals surface area contributed by atoms with E-state index in [1.165, 1.54) is 30.5 Å². The fourth-order valence-electron chi connectivity index (χ4n) is 2.89. The first-order chi connectivity index (χ1) is 15.4. The molecule has 5 nitrogen and oxygen atoms in total. The normalized spacial score (nSPS) is 11.1. The lowest BCUT2D eigenvalue weighted by molar-refractivity contribution is -0.128. The van der Waals surface area contributed by atoms with Crippen LogP contribution in [0, 0.1) is 6.92 Å². The second kappa shape index (κ2) is 9.30. The molecule has 0 N–H and O–H groups in total. The number of fused-ring (bicyclic) bond motifs is 1. The summed E-state index contributed by atoms with van der Waals surface area (Å²) in [5.74, 6) is 0.228. The molecule has 0 radical (unpaired) electrons. The molecule has 0 bridgehead atoms. The minimum Gasteiger partial charge on any atom is -0.460 e. The molecule has 0 atom stereocenters. The monoisotopic (exact) mass is 466 g/mol. The maximum absolute atomic E-state index is 12.7. The van der Waals surface area contributed by atoms with Crippen molar-refractivity contribution < 1.29 is 18.7 Å². The minimum atomic E-state index is -0.600. The number of benzene rings is 3. The van der Waals surface area contributed by atoms with Crippen molar-refractivity contribution in [3.63, 3.8) is 0 Å². The number of esters is 1. The zero-order chi connectivity index (χ0) is 22.7. The zero-order valence-corrected chi connectivity index (χ0v) is 18.3. The molecule has 4 rings (SSSR count).